The van der Waals surface area contributed by atoms with Crippen molar-refractivity contribution in [2.75, 3.05) is 33.7 Å². The van der Waals surface area contributed by atoms with Crippen LogP contribution in [0.2, 0.25) is 5.02 Å². The van der Waals surface area contributed by atoms with E-state index in [0.29, 0.717) is 6.54 Å². The Balaban J connectivity index is 2.97. The van der Waals surface area contributed by atoms with Crippen LogP contribution in [0.5, 0.6) is 0 Å². The molecule has 0 unspecified atom stereocenters. The summed E-state index contributed by atoms with van der Waals surface area (Å²) < 4.78 is 13.4. The molecule has 0 bridgehead atoms. The Morgan fingerprint density at radius 1 is 1.30 bits per heavy atom. The summed E-state index contributed by atoms with van der Waals surface area (Å²) in [4.78, 5) is 26.0. The van der Waals surface area contributed by atoms with Gasteiger partial charge in [-0.15, -0.1) is 0 Å². The van der Waals surface area contributed by atoms with Crippen LogP contribution in [0.1, 0.15) is 10.4 Å². The zero-order valence-electron chi connectivity index (χ0n) is 11.3. The molecule has 20 heavy (non-hydrogen) atoms. The van der Waals surface area contributed by atoms with Gasteiger partial charge in [-0.25, -0.2) is 4.39 Å². The molecule has 0 fully saturated rings. The standard InChI is InChI=1S/C13H16ClFN2O3/c1-16(2)6-7-17(8-11(18)19)13(20)9-4-3-5-10(15)12(9)14/h3-5H,6-8H2,1-2H3,(H,18,19). The first kappa shape index (κ1) is 16.4. The fourth-order valence-corrected chi connectivity index (χ4v) is 1.78. The second-order valence-corrected chi connectivity index (χ2v) is 4.90. The van der Waals surface area contributed by atoms with Crippen LogP contribution in [0.4, 0.5) is 4.39 Å². The molecule has 0 saturated carbocycles. The van der Waals surface area contributed by atoms with Crippen molar-refractivity contribution in [3.05, 3.63) is 34.6 Å². The van der Waals surface area contributed by atoms with Gasteiger partial charge in [0.05, 0.1) is 10.6 Å². The number of carbonyl (C=O) groups is 2. The maximum Gasteiger partial charge on any atom is 0.323 e. The molecule has 1 rings (SSSR count). The number of aliphatic carboxylic acids is 1. The Hall–Kier alpha value is -1.66. The molecule has 110 valence electrons. The normalized spacial score (nSPS) is 10.7. The van der Waals surface area contributed by atoms with Crippen LogP contribution in [0.15, 0.2) is 18.2 Å². The first-order chi connectivity index (χ1) is 9.32. The van der Waals surface area contributed by atoms with E-state index in [0.717, 1.165) is 11.0 Å². The molecule has 0 saturated heterocycles. The Bertz CT molecular complexity index is 508. The van der Waals surface area contributed by atoms with Crippen LogP contribution >= 0.6 is 11.6 Å². The molecular formula is C13H16ClFN2O3. The molecule has 1 aromatic rings. The minimum Gasteiger partial charge on any atom is -0.480 e. The molecule has 5 nitrogen and oxygen atoms in total. The summed E-state index contributed by atoms with van der Waals surface area (Å²) in [6.07, 6.45) is 0. The minimum atomic E-state index is -1.13. The molecule has 0 heterocycles. The highest BCUT2D eigenvalue weighted by molar-refractivity contribution is 6.34. The number of hydrogen-bond acceptors (Lipinski definition) is 3. The number of likely N-dealkylation sites (N-methyl/N-ethyl adjacent to an activating group) is 1. The lowest BCUT2D eigenvalue weighted by Crippen LogP contribution is -2.40. The predicted molar refractivity (Wildman–Crippen MR) is 73.5 cm³/mol. The lowest BCUT2D eigenvalue weighted by atomic mass is 10.2. The summed E-state index contributed by atoms with van der Waals surface area (Å²) in [6, 6.07) is 3.87. The summed E-state index contributed by atoms with van der Waals surface area (Å²) in [6.45, 7) is 0.246. The average Bonchev–Trinajstić information content (AvgIpc) is 2.36. The molecule has 1 amide bonds. The highest BCUT2D eigenvalue weighted by Crippen LogP contribution is 2.21. The predicted octanol–water partition coefficient (Wildman–Crippen LogP) is 1.57. The van der Waals surface area contributed by atoms with Crippen LogP contribution in [0.25, 0.3) is 0 Å². The van der Waals surface area contributed by atoms with E-state index in [-0.39, 0.29) is 17.1 Å². The molecule has 0 aliphatic carbocycles. The van der Waals surface area contributed by atoms with Gasteiger partial charge in [0.25, 0.3) is 5.91 Å². The SMILES string of the molecule is CN(C)CCN(CC(=O)O)C(=O)c1cccc(F)c1Cl. The highest BCUT2D eigenvalue weighted by atomic mass is 35.5. The van der Waals surface area contributed by atoms with Crippen molar-refractivity contribution in [3.8, 4) is 0 Å². The third kappa shape index (κ3) is 4.47. The van der Waals surface area contributed by atoms with Gasteiger partial charge < -0.3 is 14.9 Å². The summed E-state index contributed by atoms with van der Waals surface area (Å²) >= 11 is 5.75. The lowest BCUT2D eigenvalue weighted by molar-refractivity contribution is -0.137. The van der Waals surface area contributed by atoms with E-state index >= 15 is 0 Å². The quantitative estimate of drug-likeness (QED) is 0.866. The number of amides is 1. The second kappa shape index (κ2) is 7.21. The molecule has 0 aromatic heterocycles. The third-order valence-electron chi connectivity index (χ3n) is 2.61. The van der Waals surface area contributed by atoms with Crippen molar-refractivity contribution in [2.45, 2.75) is 0 Å². The largest absolute Gasteiger partial charge is 0.480 e. The van der Waals surface area contributed by atoms with Crippen molar-refractivity contribution in [1.29, 1.82) is 0 Å². The first-order valence-electron chi connectivity index (χ1n) is 5.92. The van der Waals surface area contributed by atoms with E-state index in [1.165, 1.54) is 12.1 Å². The van der Waals surface area contributed by atoms with Gasteiger partial charge in [-0.1, -0.05) is 17.7 Å². The third-order valence-corrected chi connectivity index (χ3v) is 3.00. The summed E-state index contributed by atoms with van der Waals surface area (Å²) in [5.74, 6) is -2.44. The average molecular weight is 303 g/mol. The first-order valence-corrected chi connectivity index (χ1v) is 6.30. The van der Waals surface area contributed by atoms with E-state index in [1.54, 1.807) is 14.1 Å². The molecular weight excluding hydrogens is 287 g/mol. The number of carbonyl (C=O) groups excluding carboxylic acids is 1. The van der Waals surface area contributed by atoms with Gasteiger partial charge in [-0.05, 0) is 26.2 Å². The smallest absolute Gasteiger partial charge is 0.323 e. The molecule has 0 radical (unpaired) electrons. The summed E-state index contributed by atoms with van der Waals surface area (Å²) in [5, 5.41) is 8.56. The molecule has 0 aliphatic rings. The van der Waals surface area contributed by atoms with E-state index < -0.39 is 24.2 Å². The minimum absolute atomic E-state index is 0.0355. The van der Waals surface area contributed by atoms with Crippen LogP contribution in [0.3, 0.4) is 0 Å². The Labute approximate surface area is 121 Å². The highest BCUT2D eigenvalue weighted by Gasteiger charge is 2.22. The van der Waals surface area contributed by atoms with Crippen LogP contribution < -0.4 is 0 Å². The number of carboxylic acid groups (broad SMARTS) is 1. The monoisotopic (exact) mass is 302 g/mol. The fraction of sp³-hybridized carbons (Fsp3) is 0.385. The number of rotatable bonds is 6. The van der Waals surface area contributed by atoms with Gasteiger partial charge in [-0.2, -0.15) is 0 Å². The lowest BCUT2D eigenvalue weighted by Gasteiger charge is -2.23. The van der Waals surface area contributed by atoms with Gasteiger partial charge in [0.2, 0.25) is 0 Å². The number of benzene rings is 1. The van der Waals surface area contributed by atoms with Crippen LogP contribution in [-0.4, -0.2) is 60.5 Å². The molecule has 0 aliphatic heterocycles. The molecule has 0 spiro atoms. The van der Waals surface area contributed by atoms with Gasteiger partial charge in [0.1, 0.15) is 12.4 Å². The molecule has 7 heteroatoms. The Morgan fingerprint density at radius 2 is 1.95 bits per heavy atom. The topological polar surface area (TPSA) is 60.9 Å². The van der Waals surface area contributed by atoms with Gasteiger partial charge in [0.15, 0.2) is 0 Å². The van der Waals surface area contributed by atoms with E-state index in [1.807, 2.05) is 4.90 Å². The zero-order valence-corrected chi connectivity index (χ0v) is 12.0. The molecule has 1 aromatic carbocycles. The fourth-order valence-electron chi connectivity index (χ4n) is 1.58. The summed E-state index contributed by atoms with van der Waals surface area (Å²) in [7, 11) is 3.61. The van der Waals surface area contributed by atoms with Crippen molar-refractivity contribution < 1.29 is 19.1 Å². The zero-order chi connectivity index (χ0) is 15.3. The summed E-state index contributed by atoms with van der Waals surface area (Å²) in [5.41, 5.74) is -0.0355. The Kier molecular flexibility index (Phi) is 5.91. The maximum atomic E-state index is 13.4. The molecule has 0 atom stereocenters. The van der Waals surface area contributed by atoms with Gasteiger partial charge in [0, 0.05) is 13.1 Å². The van der Waals surface area contributed by atoms with Crippen LogP contribution in [0, 0.1) is 5.82 Å². The van der Waals surface area contributed by atoms with Gasteiger partial charge in [-0.3, -0.25) is 9.59 Å². The van der Waals surface area contributed by atoms with Crippen molar-refractivity contribution in [3.63, 3.8) is 0 Å². The van der Waals surface area contributed by atoms with Crippen LogP contribution in [-0.2, 0) is 4.79 Å². The van der Waals surface area contributed by atoms with Crippen molar-refractivity contribution in [2.24, 2.45) is 0 Å². The van der Waals surface area contributed by atoms with Gasteiger partial charge >= 0.3 is 5.97 Å². The Morgan fingerprint density at radius 3 is 2.50 bits per heavy atom. The number of carboxylic acids is 1. The second-order valence-electron chi connectivity index (χ2n) is 4.53. The maximum absolute atomic E-state index is 13.4. The number of halogens is 2. The van der Waals surface area contributed by atoms with E-state index in [4.69, 9.17) is 16.7 Å². The number of hydrogen-bond donors (Lipinski definition) is 1. The van der Waals surface area contributed by atoms with Crippen molar-refractivity contribution in [1.82, 2.24) is 9.80 Å². The van der Waals surface area contributed by atoms with Crippen molar-refractivity contribution >= 4 is 23.5 Å². The molecule has 1 N–H and O–H groups in total. The number of nitrogens with zero attached hydrogens (tertiary/aromatic N) is 2. The van der Waals surface area contributed by atoms with E-state index in [9.17, 15) is 14.0 Å². The van der Waals surface area contributed by atoms with E-state index in [2.05, 4.69) is 0 Å².